The van der Waals surface area contributed by atoms with Gasteiger partial charge < -0.3 is 10.1 Å². The molecule has 0 aliphatic heterocycles. The van der Waals surface area contributed by atoms with Crippen molar-refractivity contribution in [3.63, 3.8) is 0 Å². The summed E-state index contributed by atoms with van der Waals surface area (Å²) in [5.74, 6) is 0.598. The van der Waals surface area contributed by atoms with Crippen molar-refractivity contribution in [2.75, 3.05) is 18.5 Å². The van der Waals surface area contributed by atoms with E-state index in [-0.39, 0.29) is 6.10 Å². The number of ether oxygens (including phenoxy) is 1. The fourth-order valence-electron chi connectivity index (χ4n) is 1.02. The molecular formula is C9H14ClN3O. The monoisotopic (exact) mass is 215 g/mol. The first-order valence-electron chi connectivity index (χ1n) is 4.56. The van der Waals surface area contributed by atoms with Crippen molar-refractivity contribution in [3.8, 4) is 0 Å². The summed E-state index contributed by atoms with van der Waals surface area (Å²) in [4.78, 5) is 7.95. The van der Waals surface area contributed by atoms with E-state index in [4.69, 9.17) is 16.3 Å². The van der Waals surface area contributed by atoms with Gasteiger partial charge in [0.05, 0.1) is 6.10 Å². The molecular weight excluding hydrogens is 202 g/mol. The van der Waals surface area contributed by atoms with Crippen LogP contribution >= 0.6 is 11.6 Å². The van der Waals surface area contributed by atoms with Gasteiger partial charge in [-0.2, -0.15) is 0 Å². The fourth-order valence-corrected chi connectivity index (χ4v) is 1.20. The van der Waals surface area contributed by atoms with Crippen LogP contribution in [-0.2, 0) is 4.74 Å². The van der Waals surface area contributed by atoms with Crippen LogP contribution in [0.5, 0.6) is 0 Å². The lowest BCUT2D eigenvalue weighted by Crippen LogP contribution is -2.20. The van der Waals surface area contributed by atoms with E-state index in [2.05, 4.69) is 15.3 Å². The molecule has 0 amide bonds. The first-order chi connectivity index (χ1) is 6.74. The summed E-state index contributed by atoms with van der Waals surface area (Å²) in [5.41, 5.74) is 0. The van der Waals surface area contributed by atoms with Crippen molar-refractivity contribution in [2.24, 2.45) is 0 Å². The zero-order valence-corrected chi connectivity index (χ0v) is 9.08. The molecule has 1 unspecified atom stereocenters. The van der Waals surface area contributed by atoms with Gasteiger partial charge in [-0.05, 0) is 13.8 Å². The summed E-state index contributed by atoms with van der Waals surface area (Å²) in [6, 6.07) is 0. The second-order valence-corrected chi connectivity index (χ2v) is 3.20. The van der Waals surface area contributed by atoms with Crippen LogP contribution in [0.1, 0.15) is 13.8 Å². The average molecular weight is 216 g/mol. The lowest BCUT2D eigenvalue weighted by molar-refractivity contribution is 0.0855. The third-order valence-electron chi connectivity index (χ3n) is 1.66. The fraction of sp³-hybridized carbons (Fsp3) is 0.556. The van der Waals surface area contributed by atoms with E-state index in [0.717, 1.165) is 0 Å². The van der Waals surface area contributed by atoms with Crippen LogP contribution in [0, 0.1) is 0 Å². The summed E-state index contributed by atoms with van der Waals surface area (Å²) in [6.45, 7) is 5.33. The van der Waals surface area contributed by atoms with Gasteiger partial charge >= 0.3 is 0 Å². The Labute approximate surface area is 88.7 Å². The van der Waals surface area contributed by atoms with E-state index in [0.29, 0.717) is 24.1 Å². The van der Waals surface area contributed by atoms with E-state index in [1.165, 1.54) is 0 Å². The number of nitrogens with one attached hydrogen (secondary N) is 1. The Balaban J connectivity index is 2.41. The van der Waals surface area contributed by atoms with E-state index >= 15 is 0 Å². The SMILES string of the molecule is CCOC(C)CNc1nccnc1Cl. The molecule has 1 heterocycles. The average Bonchev–Trinajstić information content (AvgIpc) is 2.17. The molecule has 0 aliphatic rings. The molecule has 14 heavy (non-hydrogen) atoms. The highest BCUT2D eigenvalue weighted by atomic mass is 35.5. The van der Waals surface area contributed by atoms with Crippen LogP contribution in [0.3, 0.4) is 0 Å². The molecule has 1 atom stereocenters. The zero-order valence-electron chi connectivity index (χ0n) is 8.33. The maximum Gasteiger partial charge on any atom is 0.171 e. The Morgan fingerprint density at radius 2 is 2.21 bits per heavy atom. The van der Waals surface area contributed by atoms with Gasteiger partial charge in [0.15, 0.2) is 11.0 Å². The number of hydrogen-bond donors (Lipinski definition) is 1. The molecule has 1 N–H and O–H groups in total. The number of nitrogens with zero attached hydrogens (tertiary/aromatic N) is 2. The van der Waals surface area contributed by atoms with E-state index < -0.39 is 0 Å². The molecule has 0 fully saturated rings. The van der Waals surface area contributed by atoms with E-state index in [1.54, 1.807) is 12.4 Å². The molecule has 1 aromatic heterocycles. The van der Waals surface area contributed by atoms with E-state index in [1.807, 2.05) is 13.8 Å². The van der Waals surface area contributed by atoms with Gasteiger partial charge in [0.2, 0.25) is 0 Å². The van der Waals surface area contributed by atoms with Gasteiger partial charge in [-0.1, -0.05) is 11.6 Å². The van der Waals surface area contributed by atoms with Gasteiger partial charge in [0, 0.05) is 25.5 Å². The normalized spacial score (nSPS) is 12.5. The molecule has 0 saturated carbocycles. The first kappa shape index (κ1) is 11.2. The second kappa shape index (κ2) is 5.78. The molecule has 0 saturated heterocycles. The maximum atomic E-state index is 5.81. The van der Waals surface area contributed by atoms with Crippen molar-refractivity contribution < 1.29 is 4.74 Å². The molecule has 1 rings (SSSR count). The minimum atomic E-state index is 0.137. The molecule has 0 aromatic carbocycles. The van der Waals surface area contributed by atoms with E-state index in [9.17, 15) is 0 Å². The topological polar surface area (TPSA) is 47.0 Å². The minimum Gasteiger partial charge on any atom is -0.377 e. The first-order valence-corrected chi connectivity index (χ1v) is 4.93. The maximum absolute atomic E-state index is 5.81. The summed E-state index contributed by atoms with van der Waals surface area (Å²) in [5, 5.41) is 3.45. The Kier molecular flexibility index (Phi) is 4.62. The molecule has 78 valence electrons. The van der Waals surface area contributed by atoms with Crippen LogP contribution < -0.4 is 5.32 Å². The van der Waals surface area contributed by atoms with Gasteiger partial charge in [-0.15, -0.1) is 0 Å². The molecule has 4 nitrogen and oxygen atoms in total. The second-order valence-electron chi connectivity index (χ2n) is 2.84. The van der Waals surface area contributed by atoms with Crippen LogP contribution in [0.15, 0.2) is 12.4 Å². The Morgan fingerprint density at radius 1 is 1.50 bits per heavy atom. The molecule has 5 heteroatoms. The number of hydrogen-bond acceptors (Lipinski definition) is 4. The summed E-state index contributed by atoms with van der Waals surface area (Å²) < 4.78 is 5.35. The summed E-state index contributed by atoms with van der Waals surface area (Å²) >= 11 is 5.81. The van der Waals surface area contributed by atoms with Gasteiger partial charge in [0.1, 0.15) is 0 Å². The molecule has 0 aliphatic carbocycles. The van der Waals surface area contributed by atoms with Crippen LogP contribution in [-0.4, -0.2) is 29.2 Å². The summed E-state index contributed by atoms with van der Waals surface area (Å²) in [7, 11) is 0. The lowest BCUT2D eigenvalue weighted by Gasteiger charge is -2.12. The highest BCUT2D eigenvalue weighted by molar-refractivity contribution is 6.31. The zero-order chi connectivity index (χ0) is 10.4. The van der Waals surface area contributed by atoms with Gasteiger partial charge in [-0.3, -0.25) is 0 Å². The standard InChI is InChI=1S/C9H14ClN3O/c1-3-14-7(2)6-13-9-8(10)11-4-5-12-9/h4-5,7H,3,6H2,1-2H3,(H,12,13). The third kappa shape index (κ3) is 3.47. The highest BCUT2D eigenvalue weighted by Gasteiger charge is 2.04. The summed E-state index contributed by atoms with van der Waals surface area (Å²) in [6.07, 6.45) is 3.29. The van der Waals surface area contributed by atoms with Crippen LogP contribution in [0.4, 0.5) is 5.82 Å². The number of rotatable bonds is 5. The van der Waals surface area contributed by atoms with Crippen molar-refractivity contribution in [2.45, 2.75) is 20.0 Å². The smallest absolute Gasteiger partial charge is 0.171 e. The Morgan fingerprint density at radius 3 is 2.86 bits per heavy atom. The quantitative estimate of drug-likeness (QED) is 0.816. The third-order valence-corrected chi connectivity index (χ3v) is 1.94. The number of halogens is 1. The predicted octanol–water partition coefficient (Wildman–Crippen LogP) is 1.97. The predicted molar refractivity (Wildman–Crippen MR) is 56.6 cm³/mol. The molecule has 0 bridgehead atoms. The van der Waals surface area contributed by atoms with Crippen LogP contribution in [0.25, 0.3) is 0 Å². The number of aromatic nitrogens is 2. The van der Waals surface area contributed by atoms with Gasteiger partial charge in [0.25, 0.3) is 0 Å². The Bertz CT molecular complexity index is 283. The Hall–Kier alpha value is -0.870. The van der Waals surface area contributed by atoms with Crippen molar-refractivity contribution in [1.82, 2.24) is 9.97 Å². The van der Waals surface area contributed by atoms with Crippen LogP contribution in [0.2, 0.25) is 5.15 Å². The largest absolute Gasteiger partial charge is 0.377 e. The minimum absolute atomic E-state index is 0.137. The van der Waals surface area contributed by atoms with Crippen molar-refractivity contribution in [3.05, 3.63) is 17.5 Å². The number of anilines is 1. The highest BCUT2D eigenvalue weighted by Crippen LogP contribution is 2.13. The molecule has 1 aromatic rings. The van der Waals surface area contributed by atoms with Gasteiger partial charge in [-0.25, -0.2) is 9.97 Å². The molecule has 0 radical (unpaired) electrons. The van der Waals surface area contributed by atoms with Crippen molar-refractivity contribution in [1.29, 1.82) is 0 Å². The lowest BCUT2D eigenvalue weighted by atomic mass is 10.4. The van der Waals surface area contributed by atoms with Crippen molar-refractivity contribution >= 4 is 17.4 Å². The molecule has 0 spiro atoms.